The first kappa shape index (κ1) is 23.9. The Balaban J connectivity index is 1.39. The maximum absolute atomic E-state index is 11.7. The number of hydrogen-bond acceptors (Lipinski definition) is 8. The molecule has 0 unspecified atom stereocenters. The van der Waals surface area contributed by atoms with Crippen LogP contribution < -0.4 is 10.6 Å². The Labute approximate surface area is 201 Å². The molecule has 0 saturated carbocycles. The van der Waals surface area contributed by atoms with Crippen LogP contribution in [0.25, 0.3) is 21.7 Å². The molecule has 1 aromatic carbocycles. The normalized spacial score (nSPS) is 11.5. The van der Waals surface area contributed by atoms with Gasteiger partial charge in [0, 0.05) is 54.3 Å². The molecule has 4 aromatic rings. The van der Waals surface area contributed by atoms with Crippen molar-refractivity contribution < 1.29 is 19.4 Å². The summed E-state index contributed by atoms with van der Waals surface area (Å²) in [6.45, 7) is 6.89. The van der Waals surface area contributed by atoms with Gasteiger partial charge in [0.25, 0.3) is 0 Å². The van der Waals surface area contributed by atoms with Crippen molar-refractivity contribution in [1.29, 1.82) is 0 Å². The van der Waals surface area contributed by atoms with Crippen molar-refractivity contribution in [1.82, 2.24) is 30.3 Å². The summed E-state index contributed by atoms with van der Waals surface area (Å²) < 4.78 is 6.92. The molecule has 11 heteroatoms. The van der Waals surface area contributed by atoms with Crippen LogP contribution in [0.1, 0.15) is 36.8 Å². The number of carboxylic acids is 1. The lowest BCUT2D eigenvalue weighted by molar-refractivity contribution is 0.0527. The highest BCUT2D eigenvalue weighted by atomic mass is 16.6. The number of alkyl carbamates (subject to hydrolysis) is 1. The second-order valence-electron chi connectivity index (χ2n) is 9.00. The summed E-state index contributed by atoms with van der Waals surface area (Å²) in [4.78, 5) is 32.0. The molecule has 0 fully saturated rings. The number of rotatable bonds is 8. The third-order valence-electron chi connectivity index (χ3n) is 5.11. The van der Waals surface area contributed by atoms with E-state index < -0.39 is 17.7 Å². The standard InChI is InChI=1S/C24H27N7O4/c1-24(2,3)35-23(34)27-9-6-16-14-31(30-29-16)11-10-26-21-18-7-8-25-13-19(18)17-5-4-15(22(32)33)12-20(17)28-21/h4-5,7-8,12-14H,6,9-11H2,1-3H3,(H,26,28)(H,27,34)(H,32,33). The first-order chi connectivity index (χ1) is 16.7. The van der Waals surface area contributed by atoms with Crippen LogP contribution in [-0.4, -0.2) is 60.8 Å². The lowest BCUT2D eigenvalue weighted by Gasteiger charge is -2.19. The van der Waals surface area contributed by atoms with Gasteiger partial charge in [0.2, 0.25) is 0 Å². The van der Waals surface area contributed by atoms with E-state index in [0.29, 0.717) is 37.4 Å². The van der Waals surface area contributed by atoms with Gasteiger partial charge in [-0.1, -0.05) is 11.3 Å². The minimum atomic E-state index is -1.00. The van der Waals surface area contributed by atoms with Crippen LogP contribution in [0.5, 0.6) is 0 Å². The number of nitrogens with one attached hydrogen (secondary N) is 2. The predicted octanol–water partition coefficient (Wildman–Crippen LogP) is 3.25. The van der Waals surface area contributed by atoms with Gasteiger partial charge in [-0.15, -0.1) is 5.10 Å². The number of anilines is 1. The summed E-state index contributed by atoms with van der Waals surface area (Å²) >= 11 is 0. The Bertz CT molecular complexity index is 1380. The molecule has 0 bridgehead atoms. The molecule has 3 heterocycles. The zero-order valence-electron chi connectivity index (χ0n) is 19.8. The van der Waals surface area contributed by atoms with Gasteiger partial charge in [0.1, 0.15) is 11.4 Å². The third kappa shape index (κ3) is 5.99. The molecule has 4 rings (SSSR count). The number of amides is 1. The van der Waals surface area contributed by atoms with E-state index in [-0.39, 0.29) is 5.56 Å². The number of fused-ring (bicyclic) bond motifs is 3. The average molecular weight is 478 g/mol. The van der Waals surface area contributed by atoms with Crippen LogP contribution in [0.15, 0.2) is 42.9 Å². The van der Waals surface area contributed by atoms with E-state index in [1.165, 1.54) is 0 Å². The monoisotopic (exact) mass is 477 g/mol. The van der Waals surface area contributed by atoms with E-state index in [9.17, 15) is 14.7 Å². The summed E-state index contributed by atoms with van der Waals surface area (Å²) in [5, 5.41) is 26.2. The van der Waals surface area contributed by atoms with Gasteiger partial charge in [-0.05, 0) is 39.0 Å². The number of benzene rings is 1. The van der Waals surface area contributed by atoms with Gasteiger partial charge < -0.3 is 20.5 Å². The number of nitrogens with zero attached hydrogens (tertiary/aromatic N) is 5. The molecule has 0 atom stereocenters. The van der Waals surface area contributed by atoms with E-state index in [1.54, 1.807) is 35.3 Å². The SMILES string of the molecule is CC(C)(C)OC(=O)NCCc1cn(CCNc2nc3cc(C(=O)O)ccc3c3cnccc23)nn1. The molecule has 35 heavy (non-hydrogen) atoms. The number of carboxylic acid groups (broad SMARTS) is 1. The summed E-state index contributed by atoms with van der Waals surface area (Å²) in [6, 6.07) is 6.76. The molecule has 0 aliphatic heterocycles. The Morgan fingerprint density at radius 1 is 1.11 bits per heavy atom. The molecular weight excluding hydrogens is 450 g/mol. The smallest absolute Gasteiger partial charge is 0.407 e. The molecule has 0 radical (unpaired) electrons. The fourth-order valence-corrected chi connectivity index (χ4v) is 3.57. The summed E-state index contributed by atoms with van der Waals surface area (Å²) in [5.41, 5.74) is 0.965. The summed E-state index contributed by atoms with van der Waals surface area (Å²) in [5.74, 6) is -0.364. The van der Waals surface area contributed by atoms with E-state index in [1.807, 2.05) is 33.0 Å². The Morgan fingerprint density at radius 2 is 1.94 bits per heavy atom. The predicted molar refractivity (Wildman–Crippen MR) is 130 cm³/mol. The van der Waals surface area contributed by atoms with Gasteiger partial charge >= 0.3 is 12.1 Å². The largest absolute Gasteiger partial charge is 0.478 e. The number of pyridine rings is 2. The molecular formula is C24H27N7O4. The van der Waals surface area contributed by atoms with E-state index in [2.05, 4.69) is 30.9 Å². The van der Waals surface area contributed by atoms with Crippen LogP contribution in [0.4, 0.5) is 10.6 Å². The van der Waals surface area contributed by atoms with Crippen molar-refractivity contribution >= 4 is 39.6 Å². The lowest BCUT2D eigenvalue weighted by Crippen LogP contribution is -2.33. The lowest BCUT2D eigenvalue weighted by atomic mass is 10.1. The van der Waals surface area contributed by atoms with Crippen molar-refractivity contribution in [2.75, 3.05) is 18.4 Å². The molecule has 0 saturated heterocycles. The number of carbonyl (C=O) groups is 2. The summed E-state index contributed by atoms with van der Waals surface area (Å²) in [6.07, 6.45) is 5.34. The topological polar surface area (TPSA) is 144 Å². The second-order valence-corrected chi connectivity index (χ2v) is 9.00. The Morgan fingerprint density at radius 3 is 2.71 bits per heavy atom. The molecule has 3 aromatic heterocycles. The Kier molecular flexibility index (Phi) is 6.76. The highest BCUT2D eigenvalue weighted by Gasteiger charge is 2.16. The van der Waals surface area contributed by atoms with Gasteiger partial charge in [-0.25, -0.2) is 14.6 Å². The molecule has 1 amide bonds. The third-order valence-corrected chi connectivity index (χ3v) is 5.11. The van der Waals surface area contributed by atoms with Crippen molar-refractivity contribution in [3.8, 4) is 0 Å². The van der Waals surface area contributed by atoms with Gasteiger partial charge in [-0.2, -0.15) is 0 Å². The van der Waals surface area contributed by atoms with Gasteiger partial charge in [0.15, 0.2) is 0 Å². The minimum Gasteiger partial charge on any atom is -0.478 e. The van der Waals surface area contributed by atoms with Gasteiger partial charge in [0.05, 0.1) is 23.3 Å². The zero-order chi connectivity index (χ0) is 25.0. The van der Waals surface area contributed by atoms with Crippen LogP contribution in [0.2, 0.25) is 0 Å². The molecule has 0 aliphatic rings. The second kappa shape index (κ2) is 9.92. The fourth-order valence-electron chi connectivity index (χ4n) is 3.57. The molecule has 182 valence electrons. The first-order valence-electron chi connectivity index (χ1n) is 11.2. The van der Waals surface area contributed by atoms with Crippen LogP contribution in [0.3, 0.4) is 0 Å². The highest BCUT2D eigenvalue weighted by molar-refractivity contribution is 6.10. The number of hydrogen-bond donors (Lipinski definition) is 3. The van der Waals surface area contributed by atoms with Crippen molar-refractivity contribution in [2.45, 2.75) is 39.3 Å². The Hall–Kier alpha value is -4.28. The first-order valence-corrected chi connectivity index (χ1v) is 11.2. The van der Waals surface area contributed by atoms with Crippen molar-refractivity contribution in [2.24, 2.45) is 0 Å². The van der Waals surface area contributed by atoms with E-state index >= 15 is 0 Å². The zero-order valence-corrected chi connectivity index (χ0v) is 19.8. The fraction of sp³-hybridized carbons (Fsp3) is 0.333. The van der Waals surface area contributed by atoms with Crippen LogP contribution >= 0.6 is 0 Å². The number of carbonyl (C=O) groups excluding carboxylic acids is 1. The molecule has 0 aliphatic carbocycles. The number of aromatic nitrogens is 5. The van der Waals surface area contributed by atoms with Crippen molar-refractivity contribution in [3.63, 3.8) is 0 Å². The number of aromatic carboxylic acids is 1. The van der Waals surface area contributed by atoms with E-state index in [4.69, 9.17) is 4.74 Å². The van der Waals surface area contributed by atoms with Crippen LogP contribution in [-0.2, 0) is 17.7 Å². The van der Waals surface area contributed by atoms with Crippen molar-refractivity contribution in [3.05, 3.63) is 54.1 Å². The quantitative estimate of drug-likeness (QED) is 0.326. The maximum atomic E-state index is 11.7. The van der Waals surface area contributed by atoms with Crippen LogP contribution in [0, 0.1) is 0 Å². The number of ether oxygens (including phenoxy) is 1. The molecule has 0 spiro atoms. The molecule has 11 nitrogen and oxygen atoms in total. The van der Waals surface area contributed by atoms with Gasteiger partial charge in [-0.3, -0.25) is 9.67 Å². The summed E-state index contributed by atoms with van der Waals surface area (Å²) in [7, 11) is 0. The molecule has 3 N–H and O–H groups in total. The highest BCUT2D eigenvalue weighted by Crippen LogP contribution is 2.29. The average Bonchev–Trinajstić information content (AvgIpc) is 3.25. The minimum absolute atomic E-state index is 0.176. The van der Waals surface area contributed by atoms with E-state index in [0.717, 1.165) is 21.9 Å². The maximum Gasteiger partial charge on any atom is 0.407 e.